The van der Waals surface area contributed by atoms with Gasteiger partial charge in [-0.05, 0) is 30.0 Å². The van der Waals surface area contributed by atoms with E-state index in [1.165, 1.54) is 16.8 Å². The molecule has 0 radical (unpaired) electrons. The second kappa shape index (κ2) is 4.50. The van der Waals surface area contributed by atoms with Crippen molar-refractivity contribution in [1.82, 2.24) is 5.32 Å². The zero-order chi connectivity index (χ0) is 13.6. The molecular weight excluding hydrogens is 236 g/mol. The lowest BCUT2D eigenvalue weighted by molar-refractivity contribution is -0.0729. The molecule has 0 bridgehead atoms. The van der Waals surface area contributed by atoms with Crippen LogP contribution >= 0.6 is 0 Å². The predicted molar refractivity (Wildman–Crippen MR) is 78.4 cm³/mol. The molecule has 2 aliphatic rings. The molecular formula is C16H24N2O. The molecule has 3 heteroatoms. The molecule has 1 aromatic carbocycles. The van der Waals surface area contributed by atoms with E-state index in [9.17, 15) is 5.11 Å². The molecule has 1 aromatic rings. The van der Waals surface area contributed by atoms with Crippen molar-refractivity contribution in [3.63, 3.8) is 0 Å². The third-order valence-corrected chi connectivity index (χ3v) is 5.04. The third-order valence-electron chi connectivity index (χ3n) is 5.04. The average molecular weight is 260 g/mol. The first-order valence-electron chi connectivity index (χ1n) is 7.23. The summed E-state index contributed by atoms with van der Waals surface area (Å²) in [5.41, 5.74) is 4.21. The highest BCUT2D eigenvalue weighted by molar-refractivity contribution is 5.58. The smallest absolute Gasteiger partial charge is 0.0621 e. The van der Waals surface area contributed by atoms with Crippen molar-refractivity contribution in [2.75, 3.05) is 18.5 Å². The summed E-state index contributed by atoms with van der Waals surface area (Å²) in [5, 5.41) is 13.3. The van der Waals surface area contributed by atoms with Gasteiger partial charge in [0.15, 0.2) is 0 Å². The lowest BCUT2D eigenvalue weighted by Crippen LogP contribution is -2.59. The molecule has 1 aliphatic heterocycles. The summed E-state index contributed by atoms with van der Waals surface area (Å²) in [6.07, 6.45) is 1.88. The molecule has 0 saturated heterocycles. The molecule has 104 valence electrons. The van der Waals surface area contributed by atoms with Crippen molar-refractivity contribution in [3.8, 4) is 0 Å². The van der Waals surface area contributed by atoms with E-state index in [1.54, 1.807) is 0 Å². The summed E-state index contributed by atoms with van der Waals surface area (Å²) in [6, 6.07) is 7.21. The van der Waals surface area contributed by atoms with Gasteiger partial charge in [-0.15, -0.1) is 0 Å². The fourth-order valence-corrected chi connectivity index (χ4v) is 3.22. The van der Waals surface area contributed by atoms with Crippen LogP contribution in [0.3, 0.4) is 0 Å². The van der Waals surface area contributed by atoms with E-state index in [4.69, 9.17) is 0 Å². The number of aliphatic hydroxyl groups excluding tert-OH is 1. The van der Waals surface area contributed by atoms with Gasteiger partial charge in [-0.1, -0.05) is 26.0 Å². The van der Waals surface area contributed by atoms with Gasteiger partial charge >= 0.3 is 0 Å². The molecule has 2 unspecified atom stereocenters. The Morgan fingerprint density at radius 3 is 2.89 bits per heavy atom. The molecule has 2 N–H and O–H groups in total. The zero-order valence-corrected chi connectivity index (χ0v) is 12.1. The van der Waals surface area contributed by atoms with Gasteiger partial charge in [-0.2, -0.15) is 0 Å². The summed E-state index contributed by atoms with van der Waals surface area (Å²) in [7, 11) is 2.15. The lowest BCUT2D eigenvalue weighted by atomic mass is 9.64. The number of aliphatic hydroxyl groups is 1. The molecule has 1 aliphatic carbocycles. The first-order chi connectivity index (χ1) is 8.98. The largest absolute Gasteiger partial charge is 0.392 e. The lowest BCUT2D eigenvalue weighted by Gasteiger charge is -2.49. The second-order valence-corrected chi connectivity index (χ2v) is 6.64. The maximum atomic E-state index is 9.75. The third kappa shape index (κ3) is 2.15. The Bertz CT molecular complexity index is 484. The highest BCUT2D eigenvalue weighted by Crippen LogP contribution is 2.40. The molecule has 2 atom stereocenters. The summed E-state index contributed by atoms with van der Waals surface area (Å²) in [6.45, 7) is 6.30. The first-order valence-corrected chi connectivity index (χ1v) is 7.23. The molecule has 19 heavy (non-hydrogen) atoms. The number of fused-ring (bicyclic) bond motifs is 1. The summed E-state index contributed by atoms with van der Waals surface area (Å²) in [4.78, 5) is 2.32. The molecule has 3 nitrogen and oxygen atoms in total. The van der Waals surface area contributed by atoms with Crippen LogP contribution in [0.25, 0.3) is 0 Å². The fraction of sp³-hybridized carbons (Fsp3) is 0.625. The van der Waals surface area contributed by atoms with E-state index >= 15 is 0 Å². The Kier molecular flexibility index (Phi) is 3.06. The topological polar surface area (TPSA) is 35.5 Å². The van der Waals surface area contributed by atoms with E-state index in [-0.39, 0.29) is 11.5 Å². The van der Waals surface area contributed by atoms with Gasteiger partial charge in [0.05, 0.1) is 6.10 Å². The minimum atomic E-state index is -0.154. The van der Waals surface area contributed by atoms with Crippen LogP contribution < -0.4 is 10.2 Å². The van der Waals surface area contributed by atoms with Gasteiger partial charge in [0, 0.05) is 37.3 Å². The number of nitrogens with one attached hydrogen (secondary N) is 1. The van der Waals surface area contributed by atoms with Crippen molar-refractivity contribution in [2.24, 2.45) is 5.41 Å². The minimum absolute atomic E-state index is 0.0109. The Morgan fingerprint density at radius 1 is 1.42 bits per heavy atom. The van der Waals surface area contributed by atoms with Crippen LogP contribution in [0.1, 0.15) is 31.4 Å². The molecule has 0 spiro atoms. The van der Waals surface area contributed by atoms with E-state index in [0.29, 0.717) is 6.04 Å². The number of hydrogen-bond acceptors (Lipinski definition) is 3. The Labute approximate surface area is 115 Å². The Balaban J connectivity index is 1.63. The molecule has 0 amide bonds. The van der Waals surface area contributed by atoms with Crippen molar-refractivity contribution in [1.29, 1.82) is 0 Å². The monoisotopic (exact) mass is 260 g/mol. The normalized spacial score (nSPS) is 28.1. The number of likely N-dealkylation sites (N-methyl/N-ethyl adjacent to an activating group) is 1. The fourth-order valence-electron chi connectivity index (χ4n) is 3.22. The number of hydrogen-bond donors (Lipinski definition) is 2. The van der Waals surface area contributed by atoms with E-state index in [1.807, 2.05) is 0 Å². The van der Waals surface area contributed by atoms with Crippen LogP contribution in [0.5, 0.6) is 0 Å². The second-order valence-electron chi connectivity index (χ2n) is 6.64. The molecule has 1 saturated carbocycles. The zero-order valence-electron chi connectivity index (χ0n) is 12.1. The van der Waals surface area contributed by atoms with Crippen LogP contribution in [-0.4, -0.2) is 30.8 Å². The van der Waals surface area contributed by atoms with Gasteiger partial charge in [-0.3, -0.25) is 0 Å². The van der Waals surface area contributed by atoms with Crippen molar-refractivity contribution >= 4 is 5.69 Å². The summed E-state index contributed by atoms with van der Waals surface area (Å²) in [5.74, 6) is 0. The number of nitrogens with zero attached hydrogens (tertiary/aromatic N) is 1. The summed E-state index contributed by atoms with van der Waals surface area (Å²) >= 11 is 0. The van der Waals surface area contributed by atoms with E-state index in [2.05, 4.69) is 49.3 Å². The van der Waals surface area contributed by atoms with Crippen LogP contribution in [0.4, 0.5) is 5.69 Å². The van der Waals surface area contributed by atoms with Crippen LogP contribution in [-0.2, 0) is 13.0 Å². The molecule has 1 fully saturated rings. The first kappa shape index (κ1) is 12.9. The highest BCUT2D eigenvalue weighted by Gasteiger charge is 2.46. The predicted octanol–water partition coefficient (Wildman–Crippen LogP) is 1.93. The SMILES string of the molecule is CN1CCc2cc(CNC3CC(O)C3(C)C)ccc21. The Hall–Kier alpha value is -1.06. The standard InChI is InChI=1S/C16H24N2O/c1-16(2)14(9-15(16)19)17-10-11-4-5-13-12(8-11)6-7-18(13)3/h4-5,8,14-15,17,19H,6-7,9-10H2,1-3H3. The molecule has 1 heterocycles. The number of benzene rings is 1. The van der Waals surface area contributed by atoms with Gasteiger partial charge in [0.1, 0.15) is 0 Å². The van der Waals surface area contributed by atoms with Crippen molar-refractivity contribution < 1.29 is 5.11 Å². The van der Waals surface area contributed by atoms with Gasteiger partial charge in [-0.25, -0.2) is 0 Å². The van der Waals surface area contributed by atoms with E-state index < -0.39 is 0 Å². The van der Waals surface area contributed by atoms with Crippen LogP contribution in [0, 0.1) is 5.41 Å². The number of anilines is 1. The van der Waals surface area contributed by atoms with Crippen LogP contribution in [0.15, 0.2) is 18.2 Å². The van der Waals surface area contributed by atoms with Gasteiger partial charge < -0.3 is 15.3 Å². The maximum Gasteiger partial charge on any atom is 0.0621 e. The highest BCUT2D eigenvalue weighted by atomic mass is 16.3. The van der Waals surface area contributed by atoms with Crippen LogP contribution in [0.2, 0.25) is 0 Å². The molecule has 0 aromatic heterocycles. The van der Waals surface area contributed by atoms with E-state index in [0.717, 1.165) is 25.9 Å². The van der Waals surface area contributed by atoms with Crippen molar-refractivity contribution in [2.45, 2.75) is 45.4 Å². The van der Waals surface area contributed by atoms with Crippen molar-refractivity contribution in [3.05, 3.63) is 29.3 Å². The molecule has 3 rings (SSSR count). The van der Waals surface area contributed by atoms with Gasteiger partial charge in [0.25, 0.3) is 0 Å². The number of rotatable bonds is 3. The quantitative estimate of drug-likeness (QED) is 0.871. The summed E-state index contributed by atoms with van der Waals surface area (Å²) < 4.78 is 0. The van der Waals surface area contributed by atoms with Gasteiger partial charge in [0.2, 0.25) is 0 Å². The maximum absolute atomic E-state index is 9.75. The Morgan fingerprint density at radius 2 is 2.21 bits per heavy atom. The average Bonchev–Trinajstić information content (AvgIpc) is 2.75. The minimum Gasteiger partial charge on any atom is -0.392 e.